The lowest BCUT2D eigenvalue weighted by Crippen LogP contribution is -2.53. The molecule has 0 bridgehead atoms. The molecular weight excluding hydrogens is 564 g/mol. The Balaban J connectivity index is 0.972. The minimum Gasteiger partial charge on any atom is -0.496 e. The van der Waals surface area contributed by atoms with Crippen LogP contribution in [0, 0.1) is 11.3 Å². The van der Waals surface area contributed by atoms with E-state index in [1.807, 2.05) is 12.3 Å². The molecule has 5 heterocycles. The van der Waals surface area contributed by atoms with Gasteiger partial charge >= 0.3 is 0 Å². The van der Waals surface area contributed by atoms with Gasteiger partial charge < -0.3 is 24.3 Å². The number of methoxy groups -OCH3 is 2. The third-order valence-electron chi connectivity index (χ3n) is 11.5. The van der Waals surface area contributed by atoms with Gasteiger partial charge in [0.15, 0.2) is 0 Å². The number of rotatable bonds is 8. The molecule has 7 rings (SSSR count). The molecule has 0 radical (unpaired) electrons. The smallest absolute Gasteiger partial charge is 0.259 e. The summed E-state index contributed by atoms with van der Waals surface area (Å²) in [6.45, 7) is 11.5. The highest BCUT2D eigenvalue weighted by molar-refractivity contribution is 5.95. The molecule has 3 aromatic rings. The van der Waals surface area contributed by atoms with Crippen LogP contribution in [-0.2, 0) is 13.6 Å². The highest BCUT2D eigenvalue weighted by Gasteiger charge is 2.40. The summed E-state index contributed by atoms with van der Waals surface area (Å²) in [5, 5.41) is 4.91. The Bertz CT molecular complexity index is 1520. The SMILES string of the molecule is COc1cc(-c2cn(C)c(=O)c3cnccc23)cc(OC)c1CN1CCN(C2CCC3(CC2)CCN(CC2CNC2)CC3)CC1. The monoisotopic (exact) mass is 614 g/mol. The van der Waals surface area contributed by atoms with Crippen molar-refractivity contribution in [2.75, 3.05) is 73.1 Å². The lowest BCUT2D eigenvalue weighted by atomic mass is 9.66. The van der Waals surface area contributed by atoms with Gasteiger partial charge in [0, 0.05) is 89.6 Å². The Hall–Kier alpha value is -2.98. The number of aromatic nitrogens is 2. The molecule has 3 aliphatic heterocycles. The Morgan fingerprint density at radius 1 is 0.911 bits per heavy atom. The van der Waals surface area contributed by atoms with Crippen LogP contribution in [0.5, 0.6) is 11.5 Å². The van der Waals surface area contributed by atoms with Gasteiger partial charge in [-0.2, -0.15) is 0 Å². The predicted molar refractivity (Wildman–Crippen MR) is 179 cm³/mol. The van der Waals surface area contributed by atoms with E-state index in [1.165, 1.54) is 71.2 Å². The van der Waals surface area contributed by atoms with Gasteiger partial charge in [0.05, 0.1) is 25.2 Å². The molecule has 1 spiro atoms. The number of benzene rings is 1. The van der Waals surface area contributed by atoms with Crippen molar-refractivity contribution in [1.29, 1.82) is 0 Å². The number of nitrogens with one attached hydrogen (secondary N) is 1. The van der Waals surface area contributed by atoms with Crippen molar-refractivity contribution in [3.05, 3.63) is 52.7 Å². The number of hydrogen-bond donors (Lipinski definition) is 1. The molecule has 1 N–H and O–H groups in total. The molecule has 242 valence electrons. The van der Waals surface area contributed by atoms with Gasteiger partial charge in [-0.05, 0) is 92.1 Å². The van der Waals surface area contributed by atoms with Gasteiger partial charge in [-0.25, -0.2) is 0 Å². The van der Waals surface area contributed by atoms with Crippen molar-refractivity contribution in [2.45, 2.75) is 51.1 Å². The maximum Gasteiger partial charge on any atom is 0.259 e. The van der Waals surface area contributed by atoms with E-state index in [1.54, 1.807) is 38.2 Å². The summed E-state index contributed by atoms with van der Waals surface area (Å²) in [5.74, 6) is 2.52. The van der Waals surface area contributed by atoms with Crippen molar-refractivity contribution >= 4 is 10.8 Å². The van der Waals surface area contributed by atoms with Gasteiger partial charge in [-0.3, -0.25) is 19.6 Å². The standard InChI is InChI=1S/C36H50N6O3/c1-39-24-31(29-6-11-37-22-30(29)35(39)43)27-18-33(44-2)32(34(19-27)45-3)25-41-14-16-42(17-15-41)28-4-7-36(8-5-28)9-12-40(13-10-36)23-26-20-38-21-26/h6,11,18-19,22,24,26,28,38H,4-5,7-10,12-17,20-21,23,25H2,1-3H3. The minimum absolute atomic E-state index is 0.0535. The molecule has 2 aromatic heterocycles. The maximum absolute atomic E-state index is 12.7. The zero-order valence-corrected chi connectivity index (χ0v) is 27.4. The summed E-state index contributed by atoms with van der Waals surface area (Å²) in [4.78, 5) is 25.0. The van der Waals surface area contributed by atoms with Gasteiger partial charge in [0.25, 0.3) is 5.56 Å². The Labute approximate surface area is 267 Å². The second kappa shape index (κ2) is 13.0. The lowest BCUT2D eigenvalue weighted by molar-refractivity contribution is 0.0113. The van der Waals surface area contributed by atoms with E-state index < -0.39 is 0 Å². The van der Waals surface area contributed by atoms with Crippen molar-refractivity contribution in [2.24, 2.45) is 18.4 Å². The number of fused-ring (bicyclic) bond motifs is 1. The van der Waals surface area contributed by atoms with E-state index in [0.29, 0.717) is 10.8 Å². The van der Waals surface area contributed by atoms with E-state index in [-0.39, 0.29) is 5.56 Å². The van der Waals surface area contributed by atoms with Gasteiger partial charge in [0.2, 0.25) is 0 Å². The second-order valence-corrected chi connectivity index (χ2v) is 14.1. The highest BCUT2D eigenvalue weighted by atomic mass is 16.5. The molecule has 9 nitrogen and oxygen atoms in total. The number of hydrogen-bond acceptors (Lipinski definition) is 8. The average Bonchev–Trinajstić information content (AvgIpc) is 3.06. The van der Waals surface area contributed by atoms with Crippen LogP contribution in [0.4, 0.5) is 0 Å². The fourth-order valence-corrected chi connectivity index (χ4v) is 8.48. The molecular formula is C36H50N6O3. The zero-order chi connectivity index (χ0) is 31.0. The van der Waals surface area contributed by atoms with E-state index in [4.69, 9.17) is 9.47 Å². The number of pyridine rings is 2. The number of ether oxygens (including phenoxy) is 2. The molecule has 1 aromatic carbocycles. The molecule has 45 heavy (non-hydrogen) atoms. The Morgan fingerprint density at radius 2 is 1.60 bits per heavy atom. The Kier molecular flexibility index (Phi) is 8.88. The predicted octanol–water partition coefficient (Wildman–Crippen LogP) is 3.98. The topological polar surface area (TPSA) is 75.1 Å². The molecule has 4 aliphatic rings. The summed E-state index contributed by atoms with van der Waals surface area (Å²) in [5.41, 5.74) is 3.55. The third-order valence-corrected chi connectivity index (χ3v) is 11.5. The van der Waals surface area contributed by atoms with Crippen LogP contribution in [-0.4, -0.2) is 103 Å². The van der Waals surface area contributed by atoms with Crippen LogP contribution in [0.3, 0.4) is 0 Å². The number of aryl methyl sites for hydroxylation is 1. The van der Waals surface area contributed by atoms with Gasteiger partial charge in [0.1, 0.15) is 11.5 Å². The quantitative estimate of drug-likeness (QED) is 0.409. The molecule has 9 heteroatoms. The summed E-state index contributed by atoms with van der Waals surface area (Å²) < 4.78 is 13.5. The van der Waals surface area contributed by atoms with E-state index in [2.05, 4.69) is 37.1 Å². The first-order valence-electron chi connectivity index (χ1n) is 17.0. The number of likely N-dealkylation sites (tertiary alicyclic amines) is 1. The maximum atomic E-state index is 12.7. The summed E-state index contributed by atoms with van der Waals surface area (Å²) >= 11 is 0. The molecule has 0 amide bonds. The highest BCUT2D eigenvalue weighted by Crippen LogP contribution is 2.46. The Morgan fingerprint density at radius 3 is 2.22 bits per heavy atom. The van der Waals surface area contributed by atoms with Gasteiger partial charge in [-0.15, -0.1) is 0 Å². The summed E-state index contributed by atoms with van der Waals surface area (Å²) in [7, 11) is 5.24. The largest absolute Gasteiger partial charge is 0.496 e. The molecule has 0 unspecified atom stereocenters. The van der Waals surface area contributed by atoms with Crippen molar-refractivity contribution in [3.63, 3.8) is 0 Å². The number of piperazine rings is 1. The first kappa shape index (κ1) is 30.7. The van der Waals surface area contributed by atoms with Crippen LogP contribution < -0.4 is 20.3 Å². The molecule has 1 saturated carbocycles. The van der Waals surface area contributed by atoms with Crippen LogP contribution >= 0.6 is 0 Å². The zero-order valence-electron chi connectivity index (χ0n) is 27.4. The first-order chi connectivity index (χ1) is 21.9. The lowest BCUT2D eigenvalue weighted by Gasteiger charge is -2.49. The van der Waals surface area contributed by atoms with Crippen molar-refractivity contribution in [3.8, 4) is 22.6 Å². The minimum atomic E-state index is -0.0535. The second-order valence-electron chi connectivity index (χ2n) is 14.1. The van der Waals surface area contributed by atoms with Crippen LogP contribution in [0.15, 0.2) is 41.6 Å². The van der Waals surface area contributed by atoms with Crippen LogP contribution in [0.2, 0.25) is 0 Å². The normalized spacial score (nSPS) is 22.1. The molecule has 0 atom stereocenters. The number of piperidine rings is 1. The third kappa shape index (κ3) is 6.24. The summed E-state index contributed by atoms with van der Waals surface area (Å²) in [6.07, 6.45) is 13.7. The van der Waals surface area contributed by atoms with Crippen molar-refractivity contribution in [1.82, 2.24) is 29.6 Å². The van der Waals surface area contributed by atoms with E-state index >= 15 is 0 Å². The van der Waals surface area contributed by atoms with E-state index in [0.717, 1.165) is 78.3 Å². The molecule has 4 fully saturated rings. The number of nitrogens with zero attached hydrogens (tertiary/aromatic N) is 5. The van der Waals surface area contributed by atoms with E-state index in [9.17, 15) is 4.79 Å². The molecule has 1 aliphatic carbocycles. The first-order valence-corrected chi connectivity index (χ1v) is 17.0. The van der Waals surface area contributed by atoms with Crippen LogP contribution in [0.25, 0.3) is 21.9 Å². The summed E-state index contributed by atoms with van der Waals surface area (Å²) in [6, 6.07) is 6.82. The van der Waals surface area contributed by atoms with Gasteiger partial charge in [-0.1, -0.05) is 0 Å². The fraction of sp³-hybridized carbons (Fsp3) is 0.611. The average molecular weight is 615 g/mol. The fourth-order valence-electron chi connectivity index (χ4n) is 8.48. The van der Waals surface area contributed by atoms with Crippen molar-refractivity contribution < 1.29 is 9.47 Å². The molecule has 3 saturated heterocycles. The van der Waals surface area contributed by atoms with Crippen LogP contribution in [0.1, 0.15) is 44.1 Å².